The first-order valence-corrected chi connectivity index (χ1v) is 11.5. The predicted molar refractivity (Wildman–Crippen MR) is 108 cm³/mol. The molecule has 6 heteroatoms. The molecule has 0 saturated heterocycles. The third kappa shape index (κ3) is 2.47. The predicted octanol–water partition coefficient (Wildman–Crippen LogP) is 5.06. The molecule has 5 aliphatic rings. The van der Waals surface area contributed by atoms with Gasteiger partial charge in [0.25, 0.3) is 0 Å². The lowest BCUT2D eigenvalue weighted by molar-refractivity contribution is -0.0201. The summed E-state index contributed by atoms with van der Waals surface area (Å²) in [5.41, 5.74) is 3.17. The quantitative estimate of drug-likeness (QED) is 0.626. The summed E-state index contributed by atoms with van der Waals surface area (Å²) in [7, 11) is 0. The fraction of sp³-hybridized carbons (Fsp3) is 0.652. The van der Waals surface area contributed by atoms with Gasteiger partial charge < -0.3 is 4.52 Å². The van der Waals surface area contributed by atoms with Crippen LogP contribution in [0.1, 0.15) is 76.1 Å². The summed E-state index contributed by atoms with van der Waals surface area (Å²) in [6, 6.07) is 6.80. The molecule has 0 amide bonds. The van der Waals surface area contributed by atoms with E-state index in [-0.39, 0.29) is 5.41 Å². The fourth-order valence-corrected chi connectivity index (χ4v) is 7.43. The van der Waals surface area contributed by atoms with Gasteiger partial charge in [-0.15, -0.1) is 5.10 Å². The summed E-state index contributed by atoms with van der Waals surface area (Å²) in [4.78, 5) is 4.93. The van der Waals surface area contributed by atoms with Crippen LogP contribution in [-0.2, 0) is 5.41 Å². The summed E-state index contributed by atoms with van der Waals surface area (Å²) in [6.45, 7) is 0. The second kappa shape index (κ2) is 5.89. The van der Waals surface area contributed by atoms with Crippen molar-refractivity contribution in [2.45, 2.75) is 75.7 Å². The van der Waals surface area contributed by atoms with Gasteiger partial charge >= 0.3 is 0 Å². The lowest BCUT2D eigenvalue weighted by Crippen LogP contribution is -2.48. The molecule has 1 aromatic carbocycles. The van der Waals surface area contributed by atoms with Crippen molar-refractivity contribution in [2.75, 3.05) is 0 Å². The highest BCUT2D eigenvalue weighted by atomic mass is 16.5. The molecule has 29 heavy (non-hydrogen) atoms. The highest BCUT2D eigenvalue weighted by Gasteiger charge is 2.54. The van der Waals surface area contributed by atoms with Crippen LogP contribution in [0.2, 0.25) is 0 Å². The first kappa shape index (κ1) is 16.5. The third-order valence-electron chi connectivity index (χ3n) is 8.32. The van der Waals surface area contributed by atoms with E-state index in [1.54, 1.807) is 0 Å². The molecule has 5 saturated carbocycles. The van der Waals surface area contributed by atoms with E-state index >= 15 is 0 Å². The molecule has 0 N–H and O–H groups in total. The van der Waals surface area contributed by atoms with Crippen LogP contribution >= 0.6 is 0 Å². The highest BCUT2D eigenvalue weighted by molar-refractivity contribution is 5.80. The van der Waals surface area contributed by atoms with Crippen LogP contribution in [0.15, 0.2) is 22.7 Å². The van der Waals surface area contributed by atoms with Crippen molar-refractivity contribution in [3.05, 3.63) is 24.1 Å². The van der Waals surface area contributed by atoms with E-state index < -0.39 is 0 Å². The Hall–Kier alpha value is -2.24. The number of hydrogen-bond acceptors (Lipinski definition) is 5. The molecule has 0 unspecified atom stereocenters. The Morgan fingerprint density at radius 2 is 1.69 bits per heavy atom. The van der Waals surface area contributed by atoms with Crippen molar-refractivity contribution in [1.29, 1.82) is 0 Å². The topological polar surface area (TPSA) is 69.6 Å². The fourth-order valence-electron chi connectivity index (χ4n) is 7.43. The Morgan fingerprint density at radius 3 is 2.41 bits per heavy atom. The Morgan fingerprint density at radius 1 is 0.966 bits per heavy atom. The summed E-state index contributed by atoms with van der Waals surface area (Å²) < 4.78 is 8.01. The van der Waals surface area contributed by atoms with Crippen LogP contribution in [-0.4, -0.2) is 25.1 Å². The van der Waals surface area contributed by atoms with Crippen molar-refractivity contribution in [2.24, 2.45) is 17.8 Å². The Kier molecular flexibility index (Phi) is 3.36. The van der Waals surface area contributed by atoms with E-state index in [1.165, 1.54) is 64.2 Å². The normalized spacial score (nSPS) is 33.9. The van der Waals surface area contributed by atoms with Crippen molar-refractivity contribution in [1.82, 2.24) is 25.1 Å². The zero-order chi connectivity index (χ0) is 19.0. The summed E-state index contributed by atoms with van der Waals surface area (Å²) in [5, 5.41) is 13.3. The summed E-state index contributed by atoms with van der Waals surface area (Å²) >= 11 is 0. The smallest absolute Gasteiger partial charge is 0.233 e. The molecule has 0 spiro atoms. The largest absolute Gasteiger partial charge is 0.338 e. The maximum absolute atomic E-state index is 5.90. The molecule has 3 aromatic rings. The second-order valence-electron chi connectivity index (χ2n) is 10.3. The molecule has 5 fully saturated rings. The molecule has 2 aromatic heterocycles. The van der Waals surface area contributed by atoms with Crippen molar-refractivity contribution in [3.63, 3.8) is 0 Å². The van der Waals surface area contributed by atoms with Crippen molar-refractivity contribution in [3.8, 4) is 11.4 Å². The van der Waals surface area contributed by atoms with E-state index in [0.717, 1.165) is 40.2 Å². The molecule has 0 radical (unpaired) electrons. The monoisotopic (exact) mass is 389 g/mol. The van der Waals surface area contributed by atoms with Gasteiger partial charge in [-0.05, 0) is 87.3 Å². The second-order valence-corrected chi connectivity index (χ2v) is 10.3. The van der Waals surface area contributed by atoms with Crippen molar-refractivity contribution < 1.29 is 4.52 Å². The van der Waals surface area contributed by atoms with Gasteiger partial charge in [-0.3, -0.25) is 0 Å². The van der Waals surface area contributed by atoms with Crippen LogP contribution in [0.3, 0.4) is 0 Å². The van der Waals surface area contributed by atoms with Crippen molar-refractivity contribution >= 4 is 11.0 Å². The van der Waals surface area contributed by atoms with Gasteiger partial charge in [-0.1, -0.05) is 23.2 Å². The van der Waals surface area contributed by atoms with E-state index in [1.807, 2.05) is 0 Å². The van der Waals surface area contributed by atoms with E-state index in [2.05, 4.69) is 38.3 Å². The molecule has 2 heterocycles. The van der Waals surface area contributed by atoms with E-state index in [0.29, 0.717) is 11.9 Å². The van der Waals surface area contributed by atoms with Gasteiger partial charge in [0.1, 0.15) is 5.52 Å². The molecule has 0 atom stereocenters. The Bertz CT molecular complexity index is 1040. The Labute approximate surface area is 170 Å². The molecular formula is C23H27N5O. The molecular weight excluding hydrogens is 362 g/mol. The van der Waals surface area contributed by atoms with Gasteiger partial charge in [0.15, 0.2) is 0 Å². The van der Waals surface area contributed by atoms with Gasteiger partial charge in [-0.2, -0.15) is 4.98 Å². The standard InChI is InChI=1S/C23H27N5O/c1-2-4-18(3-1)28-20-6-5-17(10-19(20)25-27-28)21-24-22(29-26-21)23-11-14-7-15(12-23)9-16(8-14)13-23/h5-6,10,14-16,18H,1-4,7-9,11-13H2. The number of aromatic nitrogens is 5. The number of fused-ring (bicyclic) bond motifs is 1. The molecule has 6 nitrogen and oxygen atoms in total. The molecule has 0 aliphatic heterocycles. The third-order valence-corrected chi connectivity index (χ3v) is 8.32. The van der Waals surface area contributed by atoms with Gasteiger partial charge in [0.2, 0.25) is 11.7 Å². The maximum Gasteiger partial charge on any atom is 0.233 e. The van der Waals surface area contributed by atoms with Crippen LogP contribution < -0.4 is 0 Å². The molecule has 150 valence electrons. The lowest BCUT2D eigenvalue weighted by Gasteiger charge is -2.55. The minimum absolute atomic E-state index is 0.149. The van der Waals surface area contributed by atoms with Gasteiger partial charge in [0, 0.05) is 5.56 Å². The number of benzene rings is 1. The summed E-state index contributed by atoms with van der Waals surface area (Å²) in [6.07, 6.45) is 13.0. The number of nitrogens with zero attached hydrogens (tertiary/aromatic N) is 5. The van der Waals surface area contributed by atoms with Gasteiger partial charge in [-0.25, -0.2) is 4.68 Å². The average Bonchev–Trinajstić information content (AvgIpc) is 3.46. The zero-order valence-electron chi connectivity index (χ0n) is 16.8. The Balaban J connectivity index is 1.22. The minimum atomic E-state index is 0.149. The number of rotatable bonds is 3. The molecule has 8 rings (SSSR count). The summed E-state index contributed by atoms with van der Waals surface area (Å²) in [5.74, 6) is 4.21. The van der Waals surface area contributed by atoms with Crippen LogP contribution in [0, 0.1) is 17.8 Å². The first-order valence-electron chi connectivity index (χ1n) is 11.5. The van der Waals surface area contributed by atoms with Crippen LogP contribution in [0.25, 0.3) is 22.4 Å². The SMILES string of the molecule is c1cc2c(cc1-c1noc(C34CC5CC(CC(C5)C3)C4)n1)nnn2C1CCCC1. The van der Waals surface area contributed by atoms with E-state index in [9.17, 15) is 0 Å². The lowest BCUT2D eigenvalue weighted by atomic mass is 9.49. The first-order chi connectivity index (χ1) is 14.3. The molecule has 5 aliphatic carbocycles. The van der Waals surface area contributed by atoms with Crippen LogP contribution in [0.5, 0.6) is 0 Å². The highest BCUT2D eigenvalue weighted by Crippen LogP contribution is 2.60. The van der Waals surface area contributed by atoms with Gasteiger partial charge in [0.05, 0.1) is 17.0 Å². The maximum atomic E-state index is 5.90. The van der Waals surface area contributed by atoms with Crippen LogP contribution in [0.4, 0.5) is 0 Å². The molecule has 4 bridgehead atoms. The minimum Gasteiger partial charge on any atom is -0.338 e. The number of hydrogen-bond donors (Lipinski definition) is 0. The average molecular weight is 390 g/mol. The zero-order valence-corrected chi connectivity index (χ0v) is 16.8. The van der Waals surface area contributed by atoms with E-state index in [4.69, 9.17) is 9.51 Å².